The predicted molar refractivity (Wildman–Crippen MR) is 101 cm³/mol. The number of fused-ring (bicyclic) bond motifs is 3. The summed E-state index contributed by atoms with van der Waals surface area (Å²) < 4.78 is 18.1. The predicted octanol–water partition coefficient (Wildman–Crippen LogP) is 2.20. The van der Waals surface area contributed by atoms with Gasteiger partial charge in [0.25, 0.3) is 5.56 Å². The lowest BCUT2D eigenvalue weighted by Gasteiger charge is -2.08. The summed E-state index contributed by atoms with van der Waals surface area (Å²) in [4.78, 5) is 13.0. The Kier molecular flexibility index (Phi) is 4.03. The summed E-state index contributed by atoms with van der Waals surface area (Å²) in [5, 5.41) is 12.9. The lowest BCUT2D eigenvalue weighted by molar-refractivity contribution is 0.621. The van der Waals surface area contributed by atoms with E-state index in [0.29, 0.717) is 24.3 Å². The van der Waals surface area contributed by atoms with E-state index >= 15 is 0 Å². The van der Waals surface area contributed by atoms with Crippen LogP contribution < -0.4 is 5.56 Å². The molecular weight excluding hydrogens is 359 g/mol. The molecule has 28 heavy (non-hydrogen) atoms. The van der Waals surface area contributed by atoms with Gasteiger partial charge in [-0.05, 0) is 43.4 Å². The first kappa shape index (κ1) is 16.9. The van der Waals surface area contributed by atoms with Crippen molar-refractivity contribution in [3.8, 4) is 0 Å². The highest BCUT2D eigenvalue weighted by atomic mass is 19.1. The van der Waals surface area contributed by atoms with E-state index in [-0.39, 0.29) is 11.4 Å². The van der Waals surface area contributed by atoms with E-state index in [1.807, 2.05) is 12.4 Å². The lowest BCUT2D eigenvalue weighted by Crippen LogP contribution is -2.23. The molecule has 8 heteroatoms. The number of aryl methyl sites for hydroxylation is 2. The number of halogens is 1. The summed E-state index contributed by atoms with van der Waals surface area (Å²) in [5.74, 6) is -0.264. The van der Waals surface area contributed by atoms with Crippen LogP contribution in [0.25, 0.3) is 5.52 Å². The summed E-state index contributed by atoms with van der Waals surface area (Å²) >= 11 is 0. The van der Waals surface area contributed by atoms with Gasteiger partial charge in [-0.25, -0.2) is 13.6 Å². The molecular formula is C20H19FN6O. The van der Waals surface area contributed by atoms with Crippen molar-refractivity contribution in [1.29, 1.82) is 0 Å². The number of nitrogens with zero attached hydrogens (tertiary/aromatic N) is 6. The highest BCUT2D eigenvalue weighted by Gasteiger charge is 2.19. The Morgan fingerprint density at radius 1 is 1.04 bits per heavy atom. The van der Waals surface area contributed by atoms with Crippen LogP contribution >= 0.6 is 0 Å². The fraction of sp³-hybridized carbons (Fsp3) is 0.300. The van der Waals surface area contributed by atoms with Crippen LogP contribution in [0.3, 0.4) is 0 Å². The Bertz CT molecular complexity index is 1200. The van der Waals surface area contributed by atoms with Gasteiger partial charge in [0.1, 0.15) is 17.0 Å². The van der Waals surface area contributed by atoms with Gasteiger partial charge < -0.3 is 4.57 Å². The Morgan fingerprint density at radius 2 is 1.86 bits per heavy atom. The SMILES string of the molecule is O=c1c2c3c(nn2ccn1Cc1cn(Cc2ccc(F)cc2)nn1)CCCC3. The summed E-state index contributed by atoms with van der Waals surface area (Å²) in [6.45, 7) is 0.843. The average molecular weight is 378 g/mol. The van der Waals surface area contributed by atoms with Gasteiger partial charge in [-0.1, -0.05) is 17.3 Å². The van der Waals surface area contributed by atoms with Crippen LogP contribution in [0.1, 0.15) is 35.4 Å². The summed E-state index contributed by atoms with van der Waals surface area (Å²) in [5.41, 5.74) is 4.39. The molecule has 1 aliphatic rings. The normalized spacial score (nSPS) is 13.8. The third-order valence-electron chi connectivity index (χ3n) is 5.21. The molecule has 142 valence electrons. The number of benzene rings is 1. The molecule has 0 spiro atoms. The Hall–Kier alpha value is -3.29. The van der Waals surface area contributed by atoms with Gasteiger partial charge in [-0.3, -0.25) is 4.79 Å². The smallest absolute Gasteiger partial charge is 0.277 e. The summed E-state index contributed by atoms with van der Waals surface area (Å²) in [6, 6.07) is 6.29. The van der Waals surface area contributed by atoms with Crippen LogP contribution in [0, 0.1) is 5.82 Å². The molecule has 0 bridgehead atoms. The van der Waals surface area contributed by atoms with Crippen LogP contribution in [-0.4, -0.2) is 29.2 Å². The molecule has 0 saturated carbocycles. The molecule has 0 aliphatic heterocycles. The van der Waals surface area contributed by atoms with Crippen LogP contribution in [0.2, 0.25) is 0 Å². The number of hydrogen-bond donors (Lipinski definition) is 0. The largest absolute Gasteiger partial charge is 0.306 e. The third kappa shape index (κ3) is 3.00. The zero-order chi connectivity index (χ0) is 19.1. The first-order valence-corrected chi connectivity index (χ1v) is 9.40. The molecule has 0 N–H and O–H groups in total. The second-order valence-electron chi connectivity index (χ2n) is 7.19. The fourth-order valence-electron chi connectivity index (χ4n) is 3.82. The molecule has 0 atom stereocenters. The summed E-state index contributed by atoms with van der Waals surface area (Å²) in [6.07, 6.45) is 9.46. The van der Waals surface area contributed by atoms with Crippen molar-refractivity contribution in [2.45, 2.75) is 38.8 Å². The maximum absolute atomic E-state index is 13.0. The second kappa shape index (κ2) is 6.70. The van der Waals surface area contributed by atoms with Gasteiger partial charge in [0, 0.05) is 18.0 Å². The van der Waals surface area contributed by atoms with E-state index in [9.17, 15) is 9.18 Å². The van der Waals surface area contributed by atoms with E-state index in [0.717, 1.165) is 42.5 Å². The topological polar surface area (TPSA) is 70.0 Å². The molecule has 0 fully saturated rings. The minimum absolute atomic E-state index is 0.0498. The summed E-state index contributed by atoms with van der Waals surface area (Å²) in [7, 11) is 0. The van der Waals surface area contributed by atoms with Crippen molar-refractivity contribution in [2.75, 3.05) is 0 Å². The van der Waals surface area contributed by atoms with Crippen LogP contribution in [-0.2, 0) is 25.9 Å². The minimum Gasteiger partial charge on any atom is -0.306 e. The van der Waals surface area contributed by atoms with Crippen LogP contribution in [0.15, 0.2) is 47.7 Å². The monoisotopic (exact) mass is 378 g/mol. The van der Waals surface area contributed by atoms with Crippen LogP contribution in [0.4, 0.5) is 4.39 Å². The van der Waals surface area contributed by atoms with Gasteiger partial charge in [-0.2, -0.15) is 5.10 Å². The van der Waals surface area contributed by atoms with Gasteiger partial charge in [0.15, 0.2) is 0 Å². The standard InChI is InChI=1S/C20H19FN6O/c21-15-7-5-14(6-8-15)11-26-13-16(22-24-26)12-25-9-10-27-19(20(25)28)17-3-1-2-4-18(17)23-27/h5-10,13H,1-4,11-12H2. The van der Waals surface area contributed by atoms with Gasteiger partial charge in [0.2, 0.25) is 0 Å². The highest BCUT2D eigenvalue weighted by molar-refractivity contribution is 5.55. The number of hydrogen-bond acceptors (Lipinski definition) is 4. The first-order chi connectivity index (χ1) is 13.7. The molecule has 3 heterocycles. The maximum Gasteiger partial charge on any atom is 0.277 e. The Labute approximate surface area is 160 Å². The van der Waals surface area contributed by atoms with Crippen molar-refractivity contribution in [3.63, 3.8) is 0 Å². The van der Waals surface area contributed by atoms with Crippen molar-refractivity contribution < 1.29 is 4.39 Å². The molecule has 3 aromatic heterocycles. The van der Waals surface area contributed by atoms with E-state index < -0.39 is 0 Å². The second-order valence-corrected chi connectivity index (χ2v) is 7.19. The molecule has 7 nitrogen and oxygen atoms in total. The van der Waals surface area contributed by atoms with Crippen molar-refractivity contribution in [3.05, 3.63) is 81.5 Å². The van der Waals surface area contributed by atoms with Gasteiger partial charge in [0.05, 0.1) is 25.0 Å². The van der Waals surface area contributed by atoms with Gasteiger partial charge >= 0.3 is 0 Å². The van der Waals surface area contributed by atoms with E-state index in [4.69, 9.17) is 0 Å². The molecule has 0 amide bonds. The quantitative estimate of drug-likeness (QED) is 0.546. The molecule has 5 rings (SSSR count). The molecule has 0 radical (unpaired) electrons. The zero-order valence-corrected chi connectivity index (χ0v) is 15.3. The molecule has 0 unspecified atom stereocenters. The molecule has 4 aromatic rings. The average Bonchev–Trinajstić information content (AvgIpc) is 3.30. The van der Waals surface area contributed by atoms with E-state index in [1.165, 1.54) is 12.1 Å². The number of aromatic nitrogens is 6. The Morgan fingerprint density at radius 3 is 2.71 bits per heavy atom. The minimum atomic E-state index is -0.264. The van der Waals surface area contributed by atoms with Crippen molar-refractivity contribution >= 4 is 5.52 Å². The Balaban J connectivity index is 1.41. The fourth-order valence-corrected chi connectivity index (χ4v) is 3.82. The zero-order valence-electron chi connectivity index (χ0n) is 15.3. The van der Waals surface area contributed by atoms with Crippen molar-refractivity contribution in [2.24, 2.45) is 0 Å². The highest BCUT2D eigenvalue weighted by Crippen LogP contribution is 2.22. The van der Waals surface area contributed by atoms with E-state index in [2.05, 4.69) is 15.4 Å². The van der Waals surface area contributed by atoms with Gasteiger partial charge in [-0.15, -0.1) is 5.10 Å². The first-order valence-electron chi connectivity index (χ1n) is 9.40. The van der Waals surface area contributed by atoms with E-state index in [1.54, 1.807) is 32.1 Å². The lowest BCUT2D eigenvalue weighted by atomic mass is 9.97. The number of rotatable bonds is 4. The molecule has 1 aliphatic carbocycles. The van der Waals surface area contributed by atoms with Crippen molar-refractivity contribution in [1.82, 2.24) is 29.2 Å². The molecule has 1 aromatic carbocycles. The maximum atomic E-state index is 13.0. The van der Waals surface area contributed by atoms with Crippen LogP contribution in [0.5, 0.6) is 0 Å². The third-order valence-corrected chi connectivity index (χ3v) is 5.21. The molecule has 0 saturated heterocycles.